The van der Waals surface area contributed by atoms with Gasteiger partial charge in [-0.2, -0.15) is 5.10 Å². The lowest BCUT2D eigenvalue weighted by Crippen LogP contribution is -2.35. The first-order valence-electron chi connectivity index (χ1n) is 9.44. The average molecular weight is 365 g/mol. The van der Waals surface area contributed by atoms with Gasteiger partial charge in [0.05, 0.1) is 19.4 Å². The molecule has 0 bridgehead atoms. The minimum Gasteiger partial charge on any atom is -0.379 e. The number of amides is 1. The highest BCUT2D eigenvalue weighted by Crippen LogP contribution is 2.14. The number of benzene rings is 2. The van der Waals surface area contributed by atoms with Crippen LogP contribution < -0.4 is 5.43 Å². The van der Waals surface area contributed by atoms with Crippen LogP contribution in [0.25, 0.3) is 0 Å². The maximum Gasteiger partial charge on any atom is 0.271 e. The summed E-state index contributed by atoms with van der Waals surface area (Å²) in [5, 5.41) is 4.06. The van der Waals surface area contributed by atoms with Gasteiger partial charge in [-0.05, 0) is 34.7 Å². The molecule has 0 saturated carbocycles. The third kappa shape index (κ3) is 5.74. The zero-order chi connectivity index (χ0) is 19.1. The maximum atomic E-state index is 12.2. The van der Waals surface area contributed by atoms with E-state index in [4.69, 9.17) is 4.74 Å². The van der Waals surface area contributed by atoms with Gasteiger partial charge >= 0.3 is 0 Å². The first-order chi connectivity index (χ1) is 13.1. The molecule has 0 radical (unpaired) electrons. The Hall–Kier alpha value is -2.50. The van der Waals surface area contributed by atoms with Crippen LogP contribution in [0.15, 0.2) is 53.6 Å². The molecule has 1 fully saturated rings. The smallest absolute Gasteiger partial charge is 0.271 e. The summed E-state index contributed by atoms with van der Waals surface area (Å²) in [6.07, 6.45) is 1.66. The largest absolute Gasteiger partial charge is 0.379 e. The predicted molar refractivity (Wildman–Crippen MR) is 108 cm³/mol. The number of hydrazone groups is 1. The molecule has 0 aliphatic carbocycles. The number of morpholine rings is 1. The van der Waals surface area contributed by atoms with E-state index >= 15 is 0 Å². The topological polar surface area (TPSA) is 53.9 Å². The van der Waals surface area contributed by atoms with Gasteiger partial charge in [0, 0.05) is 25.2 Å². The third-order valence-corrected chi connectivity index (χ3v) is 4.71. The molecule has 1 aliphatic heterocycles. The quantitative estimate of drug-likeness (QED) is 0.630. The second-order valence-electron chi connectivity index (χ2n) is 7.11. The van der Waals surface area contributed by atoms with Gasteiger partial charge in [-0.25, -0.2) is 5.43 Å². The number of ether oxygens (including phenoxy) is 1. The molecule has 142 valence electrons. The molecule has 1 saturated heterocycles. The van der Waals surface area contributed by atoms with E-state index in [1.807, 2.05) is 36.4 Å². The zero-order valence-electron chi connectivity index (χ0n) is 16.0. The van der Waals surface area contributed by atoms with E-state index in [0.717, 1.165) is 38.4 Å². The lowest BCUT2D eigenvalue weighted by atomic mass is 10.0. The van der Waals surface area contributed by atoms with Crippen molar-refractivity contribution in [1.82, 2.24) is 10.3 Å². The van der Waals surface area contributed by atoms with Crippen molar-refractivity contribution < 1.29 is 9.53 Å². The SMILES string of the molecule is CC(C)c1ccc(/C=N/NC(=O)c2ccc(CN3CCOCC3)cc2)cc1. The minimum absolute atomic E-state index is 0.206. The van der Waals surface area contributed by atoms with Crippen molar-refractivity contribution in [1.29, 1.82) is 0 Å². The molecule has 1 amide bonds. The van der Waals surface area contributed by atoms with Gasteiger partial charge in [-0.15, -0.1) is 0 Å². The summed E-state index contributed by atoms with van der Waals surface area (Å²) in [4.78, 5) is 14.6. The van der Waals surface area contributed by atoms with E-state index in [0.29, 0.717) is 11.5 Å². The van der Waals surface area contributed by atoms with Crippen LogP contribution in [0.4, 0.5) is 0 Å². The summed E-state index contributed by atoms with van der Waals surface area (Å²) in [5.41, 5.74) is 6.63. The molecule has 27 heavy (non-hydrogen) atoms. The molecule has 0 aromatic heterocycles. The molecule has 1 N–H and O–H groups in total. The van der Waals surface area contributed by atoms with Crippen LogP contribution in [0.5, 0.6) is 0 Å². The fourth-order valence-corrected chi connectivity index (χ4v) is 2.98. The van der Waals surface area contributed by atoms with Gasteiger partial charge < -0.3 is 4.74 Å². The summed E-state index contributed by atoms with van der Waals surface area (Å²) < 4.78 is 5.37. The zero-order valence-corrected chi connectivity index (χ0v) is 16.0. The fourth-order valence-electron chi connectivity index (χ4n) is 2.98. The Labute approximate surface area is 161 Å². The van der Waals surface area contributed by atoms with E-state index in [9.17, 15) is 4.79 Å². The molecule has 0 atom stereocenters. The van der Waals surface area contributed by atoms with Crippen molar-refractivity contribution in [3.8, 4) is 0 Å². The molecule has 2 aromatic carbocycles. The fraction of sp³-hybridized carbons (Fsp3) is 0.364. The maximum absolute atomic E-state index is 12.2. The molecule has 0 unspecified atom stereocenters. The van der Waals surface area contributed by atoms with E-state index < -0.39 is 0 Å². The highest BCUT2D eigenvalue weighted by atomic mass is 16.5. The van der Waals surface area contributed by atoms with Gasteiger partial charge in [0.1, 0.15) is 0 Å². The van der Waals surface area contributed by atoms with Gasteiger partial charge in [-0.1, -0.05) is 50.2 Å². The monoisotopic (exact) mass is 365 g/mol. The standard InChI is InChI=1S/C22H27N3O2/c1-17(2)20-7-3-18(4-8-20)15-23-24-22(26)21-9-5-19(6-10-21)16-25-11-13-27-14-12-25/h3-10,15,17H,11-14,16H2,1-2H3,(H,24,26)/b23-15+. The molecular weight excluding hydrogens is 338 g/mol. The Bertz CT molecular complexity index is 761. The first kappa shape index (κ1) is 19.3. The molecule has 5 heteroatoms. The number of rotatable bonds is 6. The molecular formula is C22H27N3O2. The van der Waals surface area contributed by atoms with Crippen molar-refractivity contribution in [3.05, 3.63) is 70.8 Å². The number of nitrogens with zero attached hydrogens (tertiary/aromatic N) is 2. The van der Waals surface area contributed by atoms with Crippen molar-refractivity contribution >= 4 is 12.1 Å². The average Bonchev–Trinajstić information content (AvgIpc) is 2.69. The Morgan fingerprint density at radius 3 is 2.41 bits per heavy atom. The molecule has 2 aromatic rings. The second kappa shape index (κ2) is 9.44. The summed E-state index contributed by atoms with van der Waals surface area (Å²) in [5.74, 6) is 0.296. The Kier molecular flexibility index (Phi) is 6.74. The molecule has 3 rings (SSSR count). The Morgan fingerprint density at radius 1 is 1.11 bits per heavy atom. The third-order valence-electron chi connectivity index (χ3n) is 4.71. The van der Waals surface area contributed by atoms with Crippen LogP contribution in [0, 0.1) is 0 Å². The summed E-state index contributed by atoms with van der Waals surface area (Å²) in [7, 11) is 0. The van der Waals surface area contributed by atoms with Crippen LogP contribution in [-0.4, -0.2) is 43.3 Å². The first-order valence-corrected chi connectivity index (χ1v) is 9.44. The highest BCUT2D eigenvalue weighted by molar-refractivity contribution is 5.94. The van der Waals surface area contributed by atoms with Crippen LogP contribution in [-0.2, 0) is 11.3 Å². The van der Waals surface area contributed by atoms with Crippen LogP contribution in [0.3, 0.4) is 0 Å². The number of carbonyl (C=O) groups is 1. The van der Waals surface area contributed by atoms with Gasteiger partial charge in [-0.3, -0.25) is 9.69 Å². The molecule has 5 nitrogen and oxygen atoms in total. The molecule has 0 spiro atoms. The van der Waals surface area contributed by atoms with Crippen LogP contribution >= 0.6 is 0 Å². The van der Waals surface area contributed by atoms with E-state index in [1.54, 1.807) is 6.21 Å². The predicted octanol–water partition coefficient (Wildman–Crippen LogP) is 3.41. The normalized spacial score (nSPS) is 15.4. The van der Waals surface area contributed by atoms with Crippen LogP contribution in [0.2, 0.25) is 0 Å². The number of hydrogen-bond donors (Lipinski definition) is 1. The lowest BCUT2D eigenvalue weighted by Gasteiger charge is -2.26. The minimum atomic E-state index is -0.206. The highest BCUT2D eigenvalue weighted by Gasteiger charge is 2.11. The van der Waals surface area contributed by atoms with Gasteiger partial charge in [0.25, 0.3) is 5.91 Å². The second-order valence-corrected chi connectivity index (χ2v) is 7.11. The van der Waals surface area contributed by atoms with E-state index in [1.165, 1.54) is 11.1 Å². The Balaban J connectivity index is 1.51. The number of nitrogens with one attached hydrogen (secondary N) is 1. The van der Waals surface area contributed by atoms with Crippen LogP contribution in [0.1, 0.15) is 46.8 Å². The number of carbonyl (C=O) groups excluding carboxylic acids is 1. The summed E-state index contributed by atoms with van der Waals surface area (Å²) >= 11 is 0. The lowest BCUT2D eigenvalue weighted by molar-refractivity contribution is 0.0342. The molecule has 1 aliphatic rings. The van der Waals surface area contributed by atoms with E-state index in [2.05, 4.69) is 41.4 Å². The van der Waals surface area contributed by atoms with Crippen molar-refractivity contribution in [2.45, 2.75) is 26.3 Å². The van der Waals surface area contributed by atoms with E-state index in [-0.39, 0.29) is 5.91 Å². The van der Waals surface area contributed by atoms with Gasteiger partial charge in [0.2, 0.25) is 0 Å². The number of hydrogen-bond acceptors (Lipinski definition) is 4. The van der Waals surface area contributed by atoms with Crippen molar-refractivity contribution in [2.75, 3.05) is 26.3 Å². The van der Waals surface area contributed by atoms with Gasteiger partial charge in [0.15, 0.2) is 0 Å². The van der Waals surface area contributed by atoms with Crippen molar-refractivity contribution in [2.24, 2.45) is 5.10 Å². The van der Waals surface area contributed by atoms with Crippen molar-refractivity contribution in [3.63, 3.8) is 0 Å². The Morgan fingerprint density at radius 2 is 1.78 bits per heavy atom. The summed E-state index contributed by atoms with van der Waals surface area (Å²) in [6.45, 7) is 8.70. The summed E-state index contributed by atoms with van der Waals surface area (Å²) in [6, 6.07) is 15.9. The molecule has 1 heterocycles.